The van der Waals surface area contributed by atoms with E-state index in [4.69, 9.17) is 4.74 Å². The van der Waals surface area contributed by atoms with Crippen molar-refractivity contribution in [1.29, 1.82) is 0 Å². The van der Waals surface area contributed by atoms with E-state index in [2.05, 4.69) is 10.4 Å². The summed E-state index contributed by atoms with van der Waals surface area (Å²) in [5.41, 5.74) is 2.92. The molecule has 136 valence electrons. The van der Waals surface area contributed by atoms with Crippen LogP contribution in [-0.2, 0) is 28.1 Å². The van der Waals surface area contributed by atoms with Crippen molar-refractivity contribution < 1.29 is 14.3 Å². The summed E-state index contributed by atoms with van der Waals surface area (Å²) < 4.78 is 6.87. The van der Waals surface area contributed by atoms with Gasteiger partial charge in [0.05, 0.1) is 18.7 Å². The summed E-state index contributed by atoms with van der Waals surface area (Å²) in [5, 5.41) is 7.45. The number of thioether (sulfide) groups is 1. The highest BCUT2D eigenvalue weighted by Crippen LogP contribution is 2.35. The van der Waals surface area contributed by atoms with Crippen molar-refractivity contribution in [3.05, 3.63) is 35.5 Å². The Kier molecular flexibility index (Phi) is 4.36. The highest BCUT2D eigenvalue weighted by Gasteiger charge is 2.36. The van der Waals surface area contributed by atoms with Gasteiger partial charge in [-0.15, -0.1) is 0 Å². The van der Waals surface area contributed by atoms with Gasteiger partial charge in [-0.05, 0) is 24.3 Å². The number of benzene rings is 1. The number of carbonyl (C=O) groups excluding carboxylic acids is 2. The first kappa shape index (κ1) is 17.0. The molecule has 1 N–H and O–H groups in total. The number of aryl methyl sites for hydroxylation is 1. The smallest absolute Gasteiger partial charge is 0.230 e. The summed E-state index contributed by atoms with van der Waals surface area (Å²) in [6.07, 6.45) is 0.215. The van der Waals surface area contributed by atoms with Crippen molar-refractivity contribution in [3.8, 4) is 5.75 Å². The molecule has 0 unspecified atom stereocenters. The van der Waals surface area contributed by atoms with E-state index in [-0.39, 0.29) is 24.2 Å². The lowest BCUT2D eigenvalue weighted by Gasteiger charge is -2.17. The number of nitrogens with one attached hydrogen (secondary N) is 1. The maximum absolute atomic E-state index is 12.7. The molecule has 3 heterocycles. The van der Waals surface area contributed by atoms with Crippen molar-refractivity contribution in [3.63, 3.8) is 0 Å². The van der Waals surface area contributed by atoms with E-state index in [1.165, 1.54) is 0 Å². The maximum atomic E-state index is 12.7. The Morgan fingerprint density at radius 1 is 1.31 bits per heavy atom. The molecule has 2 amide bonds. The van der Waals surface area contributed by atoms with Crippen LogP contribution in [-0.4, -0.2) is 35.2 Å². The molecule has 8 heteroatoms. The lowest BCUT2D eigenvalue weighted by Crippen LogP contribution is -2.28. The van der Waals surface area contributed by atoms with Gasteiger partial charge in [0.1, 0.15) is 11.6 Å². The van der Waals surface area contributed by atoms with Crippen molar-refractivity contribution in [2.24, 2.45) is 13.0 Å². The molecule has 0 saturated carbocycles. The van der Waals surface area contributed by atoms with Crippen LogP contribution in [0.1, 0.15) is 17.7 Å². The van der Waals surface area contributed by atoms with Gasteiger partial charge in [0.2, 0.25) is 11.8 Å². The number of ether oxygens (including phenoxy) is 1. The number of hydrogen-bond donors (Lipinski definition) is 1. The average molecular weight is 372 g/mol. The minimum atomic E-state index is -0.371. The standard InChI is InChI=1S/C18H20N4O3S/c1-21-17(14-9-26-10-15(14)20-21)19-18(24)11-7-16(23)22(8-11)12-3-5-13(25-2)6-4-12/h3-6,11H,7-10H2,1-2H3,(H,19,24)/t11-/m1/s1. The molecule has 0 radical (unpaired) electrons. The molecule has 1 aromatic heterocycles. The van der Waals surface area contributed by atoms with Gasteiger partial charge < -0.3 is 15.0 Å². The Bertz CT molecular complexity index is 862. The maximum Gasteiger partial charge on any atom is 0.230 e. The first-order chi connectivity index (χ1) is 12.6. The summed E-state index contributed by atoms with van der Waals surface area (Å²) in [6, 6.07) is 7.30. The van der Waals surface area contributed by atoms with Crippen LogP contribution >= 0.6 is 11.8 Å². The molecule has 7 nitrogen and oxygen atoms in total. The van der Waals surface area contributed by atoms with E-state index in [9.17, 15) is 9.59 Å². The number of carbonyl (C=O) groups is 2. The van der Waals surface area contributed by atoms with Crippen LogP contribution < -0.4 is 15.0 Å². The van der Waals surface area contributed by atoms with E-state index in [0.717, 1.165) is 40.0 Å². The van der Waals surface area contributed by atoms with Crippen LogP contribution in [0.2, 0.25) is 0 Å². The third-order valence-electron chi connectivity index (χ3n) is 4.84. The van der Waals surface area contributed by atoms with Gasteiger partial charge in [-0.1, -0.05) is 0 Å². The second-order valence-corrected chi connectivity index (χ2v) is 7.47. The molecule has 2 aromatic rings. The van der Waals surface area contributed by atoms with Crippen LogP contribution in [0.15, 0.2) is 24.3 Å². The summed E-state index contributed by atoms with van der Waals surface area (Å²) in [7, 11) is 3.44. The van der Waals surface area contributed by atoms with Gasteiger partial charge >= 0.3 is 0 Å². The Balaban J connectivity index is 1.47. The van der Waals surface area contributed by atoms with Gasteiger partial charge in [0, 0.05) is 42.8 Å². The Morgan fingerprint density at radius 3 is 2.81 bits per heavy atom. The molecule has 26 heavy (non-hydrogen) atoms. The third-order valence-corrected chi connectivity index (χ3v) is 5.81. The number of nitrogens with zero attached hydrogens (tertiary/aromatic N) is 3. The predicted octanol–water partition coefficient (Wildman–Crippen LogP) is 2.17. The number of aromatic nitrogens is 2. The van der Waals surface area contributed by atoms with E-state index in [1.54, 1.807) is 28.5 Å². The predicted molar refractivity (Wildman–Crippen MR) is 100 cm³/mol. The third kappa shape index (κ3) is 2.94. The molecule has 1 aromatic carbocycles. The van der Waals surface area contributed by atoms with Crippen LogP contribution in [0.3, 0.4) is 0 Å². The molecule has 0 bridgehead atoms. The fourth-order valence-corrected chi connectivity index (χ4v) is 4.45. The van der Waals surface area contributed by atoms with E-state index < -0.39 is 0 Å². The van der Waals surface area contributed by atoms with Crippen LogP contribution in [0, 0.1) is 5.92 Å². The summed E-state index contributed by atoms with van der Waals surface area (Å²) >= 11 is 1.79. The zero-order valence-electron chi connectivity index (χ0n) is 14.7. The molecular weight excluding hydrogens is 352 g/mol. The molecule has 1 atom stereocenters. The molecule has 2 aliphatic rings. The average Bonchev–Trinajstić information content (AvgIpc) is 3.32. The first-order valence-corrected chi connectivity index (χ1v) is 9.60. The van der Waals surface area contributed by atoms with Crippen LogP contribution in [0.5, 0.6) is 5.75 Å². The first-order valence-electron chi connectivity index (χ1n) is 8.44. The van der Waals surface area contributed by atoms with Gasteiger partial charge in [0.25, 0.3) is 0 Å². The van der Waals surface area contributed by atoms with Gasteiger partial charge in [-0.3, -0.25) is 14.3 Å². The van der Waals surface area contributed by atoms with E-state index in [0.29, 0.717) is 6.54 Å². The second kappa shape index (κ2) is 6.68. The van der Waals surface area contributed by atoms with E-state index in [1.807, 2.05) is 31.3 Å². The fraction of sp³-hybridized carbons (Fsp3) is 0.389. The SMILES string of the molecule is COc1ccc(N2C[C@H](C(=O)Nc3c4c(nn3C)CSC4)CC2=O)cc1. The number of hydrogen-bond acceptors (Lipinski definition) is 5. The van der Waals surface area contributed by atoms with E-state index >= 15 is 0 Å². The molecule has 4 rings (SSSR count). The Morgan fingerprint density at radius 2 is 2.08 bits per heavy atom. The molecule has 0 spiro atoms. The topological polar surface area (TPSA) is 76.5 Å². The largest absolute Gasteiger partial charge is 0.497 e. The zero-order valence-corrected chi connectivity index (χ0v) is 15.5. The molecular formula is C18H20N4O3S. The zero-order chi connectivity index (χ0) is 18.3. The molecule has 2 aliphatic heterocycles. The second-order valence-electron chi connectivity index (χ2n) is 6.48. The normalized spacial score (nSPS) is 18.9. The Hall–Kier alpha value is -2.48. The Labute approximate surface area is 155 Å². The quantitative estimate of drug-likeness (QED) is 0.890. The summed E-state index contributed by atoms with van der Waals surface area (Å²) in [6.45, 7) is 0.381. The number of amides is 2. The number of fused-ring (bicyclic) bond motifs is 1. The summed E-state index contributed by atoms with van der Waals surface area (Å²) in [4.78, 5) is 26.8. The molecule has 1 saturated heterocycles. The van der Waals surface area contributed by atoms with Gasteiger partial charge in [0.15, 0.2) is 0 Å². The van der Waals surface area contributed by atoms with Gasteiger partial charge in [-0.2, -0.15) is 16.9 Å². The van der Waals surface area contributed by atoms with Crippen LogP contribution in [0.25, 0.3) is 0 Å². The summed E-state index contributed by atoms with van der Waals surface area (Å²) in [5.74, 6) is 2.69. The van der Waals surface area contributed by atoms with Crippen molar-refractivity contribution in [2.75, 3.05) is 23.9 Å². The molecule has 1 fully saturated rings. The lowest BCUT2D eigenvalue weighted by molar-refractivity contribution is -0.122. The minimum absolute atomic E-state index is 0.0406. The lowest BCUT2D eigenvalue weighted by atomic mass is 10.1. The van der Waals surface area contributed by atoms with Crippen molar-refractivity contribution >= 4 is 35.1 Å². The molecule has 0 aliphatic carbocycles. The monoisotopic (exact) mass is 372 g/mol. The highest BCUT2D eigenvalue weighted by molar-refractivity contribution is 7.98. The number of methoxy groups -OCH3 is 1. The van der Waals surface area contributed by atoms with Crippen molar-refractivity contribution in [1.82, 2.24) is 9.78 Å². The highest BCUT2D eigenvalue weighted by atomic mass is 32.2. The number of rotatable bonds is 4. The number of anilines is 2. The van der Waals surface area contributed by atoms with Crippen molar-refractivity contribution in [2.45, 2.75) is 17.9 Å². The fourth-order valence-electron chi connectivity index (χ4n) is 3.41. The van der Waals surface area contributed by atoms with Crippen LogP contribution in [0.4, 0.5) is 11.5 Å². The van der Waals surface area contributed by atoms with Gasteiger partial charge in [-0.25, -0.2) is 0 Å². The minimum Gasteiger partial charge on any atom is -0.497 e.